The van der Waals surface area contributed by atoms with Crippen LogP contribution in [0.1, 0.15) is 11.1 Å². The fourth-order valence-corrected chi connectivity index (χ4v) is 1.18. The van der Waals surface area contributed by atoms with Crippen molar-refractivity contribution in [1.82, 2.24) is 0 Å². The zero-order valence-electron chi connectivity index (χ0n) is 7.97. The third-order valence-corrected chi connectivity index (χ3v) is 1.86. The van der Waals surface area contributed by atoms with Crippen molar-refractivity contribution in [1.29, 1.82) is 0 Å². The highest BCUT2D eigenvalue weighted by molar-refractivity contribution is 5.82. The van der Waals surface area contributed by atoms with E-state index in [1.165, 1.54) is 6.07 Å². The van der Waals surface area contributed by atoms with E-state index in [-0.39, 0.29) is 6.54 Å². The number of hydrogen-bond donors (Lipinski definition) is 2. The molecule has 16 heavy (non-hydrogen) atoms. The summed E-state index contributed by atoms with van der Waals surface area (Å²) in [5.41, 5.74) is 3.97. The maximum absolute atomic E-state index is 12.4. The minimum Gasteiger partial charge on any atom is -0.530 e. The van der Waals surface area contributed by atoms with Crippen molar-refractivity contribution in [2.24, 2.45) is 5.73 Å². The molecule has 0 unspecified atom stereocenters. The summed E-state index contributed by atoms with van der Waals surface area (Å²) in [5.74, 6) is 0. The van der Waals surface area contributed by atoms with E-state index in [1.54, 1.807) is 5.32 Å². The first kappa shape index (κ1) is 12.3. The summed E-state index contributed by atoms with van der Waals surface area (Å²) in [6.07, 6.45) is -6.44. The zero-order chi connectivity index (χ0) is 12.3. The Balaban J connectivity index is 3.21. The molecule has 1 aromatic carbocycles. The van der Waals surface area contributed by atoms with E-state index in [1.807, 2.05) is 0 Å². The summed E-state index contributed by atoms with van der Waals surface area (Å²) < 4.78 is 37.3. The van der Waals surface area contributed by atoms with Gasteiger partial charge in [0.15, 0.2) is 0 Å². The Morgan fingerprint density at radius 3 is 2.50 bits per heavy atom. The second-order valence-electron chi connectivity index (χ2n) is 2.99. The minimum absolute atomic E-state index is 0.0138. The van der Waals surface area contributed by atoms with E-state index in [4.69, 9.17) is 5.73 Å². The van der Waals surface area contributed by atoms with Gasteiger partial charge in [-0.3, -0.25) is 0 Å². The Kier molecular flexibility index (Phi) is 3.38. The molecule has 4 nitrogen and oxygen atoms in total. The molecule has 0 aliphatic heterocycles. The van der Waals surface area contributed by atoms with Crippen LogP contribution >= 0.6 is 0 Å². The van der Waals surface area contributed by atoms with Crippen LogP contribution in [0.25, 0.3) is 0 Å². The highest BCUT2D eigenvalue weighted by atomic mass is 19.4. The maximum atomic E-state index is 12.4. The molecular weight excluding hydrogens is 225 g/mol. The van der Waals surface area contributed by atoms with Crippen molar-refractivity contribution in [2.75, 3.05) is 5.32 Å². The molecule has 0 aliphatic rings. The molecule has 3 N–H and O–H groups in total. The summed E-state index contributed by atoms with van der Waals surface area (Å²) in [7, 11) is 0. The van der Waals surface area contributed by atoms with Crippen molar-refractivity contribution in [3.63, 3.8) is 0 Å². The lowest BCUT2D eigenvalue weighted by Crippen LogP contribution is -2.30. The summed E-state index contributed by atoms with van der Waals surface area (Å²) in [4.78, 5) is 10.2. The first-order valence-electron chi connectivity index (χ1n) is 4.23. The number of carbonyl (C=O) groups is 1. The van der Waals surface area contributed by atoms with Crippen molar-refractivity contribution in [2.45, 2.75) is 12.7 Å². The Morgan fingerprint density at radius 2 is 2.06 bits per heavy atom. The highest BCUT2D eigenvalue weighted by Gasteiger charge is 2.33. The van der Waals surface area contributed by atoms with Crippen LogP contribution in [0.3, 0.4) is 0 Å². The van der Waals surface area contributed by atoms with Crippen LogP contribution in [0, 0.1) is 0 Å². The number of nitrogens with two attached hydrogens (primary N) is 1. The second kappa shape index (κ2) is 4.40. The first-order chi connectivity index (χ1) is 7.34. The molecule has 1 amide bonds. The average Bonchev–Trinajstić information content (AvgIpc) is 2.14. The van der Waals surface area contributed by atoms with E-state index in [9.17, 15) is 23.1 Å². The van der Waals surface area contributed by atoms with Gasteiger partial charge in [-0.05, 0) is 17.7 Å². The van der Waals surface area contributed by atoms with Gasteiger partial charge in [0.05, 0.1) is 11.3 Å². The van der Waals surface area contributed by atoms with Crippen LogP contribution in [0.2, 0.25) is 0 Å². The van der Waals surface area contributed by atoms with Gasteiger partial charge in [0, 0.05) is 6.54 Å². The zero-order valence-corrected chi connectivity index (χ0v) is 7.97. The molecule has 0 aliphatic carbocycles. The van der Waals surface area contributed by atoms with Crippen LogP contribution in [0.5, 0.6) is 0 Å². The molecule has 0 radical (unpaired) electrons. The number of halogens is 3. The number of anilines is 1. The number of carboxylic acid groups (broad SMARTS) is 1. The topological polar surface area (TPSA) is 78.2 Å². The molecule has 0 saturated carbocycles. The molecular formula is C9H8F3N2O2-. The smallest absolute Gasteiger partial charge is 0.418 e. The van der Waals surface area contributed by atoms with Gasteiger partial charge in [0.25, 0.3) is 0 Å². The summed E-state index contributed by atoms with van der Waals surface area (Å²) in [5, 5.41) is 11.8. The Bertz CT molecular complexity index is 404. The van der Waals surface area contributed by atoms with E-state index in [2.05, 4.69) is 0 Å². The van der Waals surface area contributed by atoms with Crippen molar-refractivity contribution in [3.8, 4) is 0 Å². The Hall–Kier alpha value is -1.76. The number of hydrogen-bond acceptors (Lipinski definition) is 3. The lowest BCUT2D eigenvalue weighted by molar-refractivity contribution is -0.242. The predicted molar refractivity (Wildman–Crippen MR) is 48.4 cm³/mol. The van der Waals surface area contributed by atoms with E-state index in [0.717, 1.165) is 12.1 Å². The van der Waals surface area contributed by atoms with Gasteiger partial charge in [-0.25, -0.2) is 0 Å². The Labute approximate surface area is 88.9 Å². The van der Waals surface area contributed by atoms with E-state index < -0.39 is 23.5 Å². The lowest BCUT2D eigenvalue weighted by Gasteiger charge is -2.15. The third kappa shape index (κ3) is 2.86. The van der Waals surface area contributed by atoms with Gasteiger partial charge < -0.3 is 21.0 Å². The standard InChI is InChI=1S/C9H9F3N2O2/c10-9(11,12)6-2-1-5(4-13)3-7(6)14-8(15)16/h1-3,14H,4,13H2,(H,15,16)/p-1. The number of alkyl halides is 3. The number of rotatable bonds is 2. The van der Waals surface area contributed by atoms with Crippen LogP contribution in [-0.2, 0) is 12.7 Å². The van der Waals surface area contributed by atoms with Crippen molar-refractivity contribution >= 4 is 11.8 Å². The summed E-state index contributed by atoms with van der Waals surface area (Å²) >= 11 is 0. The quantitative estimate of drug-likeness (QED) is 0.797. The molecule has 1 rings (SSSR count). The minimum atomic E-state index is -4.63. The lowest BCUT2D eigenvalue weighted by atomic mass is 10.1. The predicted octanol–water partition coefficient (Wildman–Crippen LogP) is 0.919. The number of benzene rings is 1. The molecule has 0 aromatic heterocycles. The van der Waals surface area contributed by atoms with Gasteiger partial charge in [-0.1, -0.05) is 6.07 Å². The molecule has 1 aromatic rings. The van der Waals surface area contributed by atoms with Crippen LogP contribution in [0.4, 0.5) is 23.7 Å². The molecule has 0 saturated heterocycles. The molecule has 7 heteroatoms. The fraction of sp³-hybridized carbons (Fsp3) is 0.222. The van der Waals surface area contributed by atoms with Gasteiger partial charge in [0.1, 0.15) is 6.09 Å². The van der Waals surface area contributed by atoms with E-state index in [0.29, 0.717) is 5.56 Å². The molecule has 0 bridgehead atoms. The Morgan fingerprint density at radius 1 is 1.44 bits per heavy atom. The first-order valence-corrected chi connectivity index (χ1v) is 4.23. The van der Waals surface area contributed by atoms with Gasteiger partial charge in [-0.2, -0.15) is 13.2 Å². The van der Waals surface area contributed by atoms with E-state index >= 15 is 0 Å². The summed E-state index contributed by atoms with van der Waals surface area (Å²) in [6, 6.07) is 2.98. The third-order valence-electron chi connectivity index (χ3n) is 1.86. The monoisotopic (exact) mass is 233 g/mol. The average molecular weight is 233 g/mol. The number of amides is 1. The number of carbonyl (C=O) groups excluding carboxylic acids is 1. The van der Waals surface area contributed by atoms with Crippen molar-refractivity contribution in [3.05, 3.63) is 29.3 Å². The normalized spacial score (nSPS) is 11.2. The van der Waals surface area contributed by atoms with Crippen LogP contribution in [0.15, 0.2) is 18.2 Å². The summed E-state index contributed by atoms with van der Waals surface area (Å²) in [6.45, 7) is 0.0138. The molecule has 88 valence electrons. The van der Waals surface area contributed by atoms with Crippen molar-refractivity contribution < 1.29 is 23.1 Å². The molecule has 0 fully saturated rings. The molecule has 0 heterocycles. The second-order valence-corrected chi connectivity index (χ2v) is 2.99. The van der Waals surface area contributed by atoms with Gasteiger partial charge in [-0.15, -0.1) is 0 Å². The van der Waals surface area contributed by atoms with Gasteiger partial charge >= 0.3 is 6.18 Å². The molecule has 0 atom stereocenters. The van der Waals surface area contributed by atoms with Crippen LogP contribution in [-0.4, -0.2) is 6.09 Å². The fourth-order valence-electron chi connectivity index (χ4n) is 1.18. The maximum Gasteiger partial charge on any atom is 0.418 e. The van der Waals surface area contributed by atoms with Crippen LogP contribution < -0.4 is 16.2 Å². The number of nitrogens with one attached hydrogen (secondary N) is 1. The SMILES string of the molecule is NCc1ccc(C(F)(F)F)c(NC(=O)[O-])c1. The molecule has 0 spiro atoms. The largest absolute Gasteiger partial charge is 0.530 e. The highest BCUT2D eigenvalue weighted by Crippen LogP contribution is 2.35. The van der Waals surface area contributed by atoms with Gasteiger partial charge in [0.2, 0.25) is 0 Å².